The first-order valence-electron chi connectivity index (χ1n) is 21.5. The average molecular weight is 788 g/mol. The van der Waals surface area contributed by atoms with Crippen molar-refractivity contribution in [2.75, 3.05) is 4.90 Å². The molecule has 0 amide bonds. The molecule has 62 heavy (non-hydrogen) atoms. The van der Waals surface area contributed by atoms with Gasteiger partial charge in [-0.25, -0.2) is 0 Å². The molecule has 12 rings (SSSR count). The molecule has 0 saturated carbocycles. The lowest BCUT2D eigenvalue weighted by atomic mass is 9.67. The van der Waals surface area contributed by atoms with Crippen LogP contribution in [0.25, 0.3) is 65.7 Å². The Morgan fingerprint density at radius 1 is 0.290 bits per heavy atom. The van der Waals surface area contributed by atoms with Crippen LogP contribution in [0.1, 0.15) is 22.3 Å². The van der Waals surface area contributed by atoms with Gasteiger partial charge in [0.1, 0.15) is 0 Å². The molecule has 0 atom stereocenters. The molecule has 290 valence electrons. The molecule has 0 spiro atoms. The second kappa shape index (κ2) is 14.6. The highest BCUT2D eigenvalue weighted by molar-refractivity contribution is 6.22. The molecule has 0 N–H and O–H groups in total. The Balaban J connectivity index is 1.14. The lowest BCUT2D eigenvalue weighted by Crippen LogP contribution is -2.28. The summed E-state index contributed by atoms with van der Waals surface area (Å²) in [4.78, 5) is 2.50. The Morgan fingerprint density at radius 2 is 0.742 bits per heavy atom. The van der Waals surface area contributed by atoms with E-state index in [1.807, 2.05) is 0 Å². The lowest BCUT2D eigenvalue weighted by molar-refractivity contribution is 0.768. The van der Waals surface area contributed by atoms with E-state index in [4.69, 9.17) is 0 Å². The quantitative estimate of drug-likeness (QED) is 0.145. The maximum Gasteiger partial charge on any atom is 0.0713 e. The SMILES string of the molecule is c1ccc(-c2ccc(N(c3ccc(C4(c5ccccc5)c5ccccc5-c5ccccc54)cc3)c3c(-c4ccc5ccccc5c4)c4ccccc4c4ccccc34)cc2)cc1. The fraction of sp³-hybridized carbons (Fsp3) is 0.0164. The molecule has 0 aliphatic heterocycles. The molecule has 11 aromatic rings. The van der Waals surface area contributed by atoms with Crippen LogP contribution in [0.3, 0.4) is 0 Å². The minimum Gasteiger partial charge on any atom is -0.309 e. The van der Waals surface area contributed by atoms with Gasteiger partial charge in [-0.1, -0.05) is 218 Å². The van der Waals surface area contributed by atoms with Crippen LogP contribution in [0.2, 0.25) is 0 Å². The fourth-order valence-corrected chi connectivity index (χ4v) is 10.4. The number of benzene rings is 11. The second-order valence-electron chi connectivity index (χ2n) is 16.4. The van der Waals surface area contributed by atoms with Gasteiger partial charge in [0.2, 0.25) is 0 Å². The zero-order chi connectivity index (χ0) is 41.0. The molecule has 0 saturated heterocycles. The van der Waals surface area contributed by atoms with Crippen LogP contribution in [-0.4, -0.2) is 0 Å². The maximum absolute atomic E-state index is 2.50. The van der Waals surface area contributed by atoms with Crippen molar-refractivity contribution in [3.05, 3.63) is 271 Å². The van der Waals surface area contributed by atoms with Crippen LogP contribution in [0, 0.1) is 0 Å². The standard InChI is InChI=1S/C61H41N/c1-3-17-42(18-4-1)44-33-37-49(38-34-44)62(60-56-28-12-10-24-52(56)51-23-9-11-27-55(51)59(60)46-32-31-43-19-7-8-20-45(43)41-46)50-39-35-48(36-40-50)61(47-21-5-2-6-22-47)57-29-15-13-25-53(57)54-26-14-16-30-58(54)61/h1-41H. The molecule has 0 fully saturated rings. The first-order valence-corrected chi connectivity index (χ1v) is 21.5. The first-order chi connectivity index (χ1) is 30.8. The van der Waals surface area contributed by atoms with Crippen molar-refractivity contribution >= 4 is 49.4 Å². The van der Waals surface area contributed by atoms with Gasteiger partial charge in [-0.05, 0) is 107 Å². The number of hydrogen-bond acceptors (Lipinski definition) is 1. The summed E-state index contributed by atoms with van der Waals surface area (Å²) in [6, 6.07) is 91.7. The molecule has 0 heterocycles. The third-order valence-corrected chi connectivity index (χ3v) is 13.1. The number of anilines is 3. The second-order valence-corrected chi connectivity index (χ2v) is 16.4. The fourth-order valence-electron chi connectivity index (χ4n) is 10.4. The highest BCUT2D eigenvalue weighted by Gasteiger charge is 2.45. The largest absolute Gasteiger partial charge is 0.309 e. The van der Waals surface area contributed by atoms with Gasteiger partial charge in [0.25, 0.3) is 0 Å². The third-order valence-electron chi connectivity index (χ3n) is 13.1. The van der Waals surface area contributed by atoms with Crippen molar-refractivity contribution < 1.29 is 0 Å². The monoisotopic (exact) mass is 787 g/mol. The van der Waals surface area contributed by atoms with Gasteiger partial charge in [0.15, 0.2) is 0 Å². The molecule has 1 nitrogen and oxygen atoms in total. The predicted molar refractivity (Wildman–Crippen MR) is 262 cm³/mol. The normalized spacial score (nSPS) is 12.6. The number of hydrogen-bond donors (Lipinski definition) is 0. The van der Waals surface area contributed by atoms with Crippen LogP contribution in [0.5, 0.6) is 0 Å². The van der Waals surface area contributed by atoms with E-state index in [0.29, 0.717) is 0 Å². The molecule has 0 bridgehead atoms. The van der Waals surface area contributed by atoms with Crippen LogP contribution in [0.4, 0.5) is 17.1 Å². The molecule has 1 aliphatic rings. The van der Waals surface area contributed by atoms with Crippen LogP contribution in [0.15, 0.2) is 249 Å². The van der Waals surface area contributed by atoms with E-state index < -0.39 is 5.41 Å². The van der Waals surface area contributed by atoms with Crippen LogP contribution < -0.4 is 4.90 Å². The van der Waals surface area contributed by atoms with Gasteiger partial charge in [-0.3, -0.25) is 0 Å². The Morgan fingerprint density at radius 3 is 1.40 bits per heavy atom. The zero-order valence-corrected chi connectivity index (χ0v) is 34.1. The molecule has 0 unspecified atom stereocenters. The van der Waals surface area contributed by atoms with Gasteiger partial charge in [0, 0.05) is 22.3 Å². The summed E-state index contributed by atoms with van der Waals surface area (Å²) in [6.45, 7) is 0. The highest BCUT2D eigenvalue weighted by Crippen LogP contribution is 2.57. The van der Waals surface area contributed by atoms with E-state index in [0.717, 1.165) is 17.1 Å². The van der Waals surface area contributed by atoms with E-state index in [1.165, 1.54) is 88.0 Å². The number of fused-ring (bicyclic) bond motifs is 7. The van der Waals surface area contributed by atoms with Gasteiger partial charge in [-0.15, -0.1) is 0 Å². The van der Waals surface area contributed by atoms with Crippen LogP contribution in [-0.2, 0) is 5.41 Å². The average Bonchev–Trinajstić information content (AvgIpc) is 3.66. The molecular weight excluding hydrogens is 747 g/mol. The Bertz CT molecular complexity index is 3390. The van der Waals surface area contributed by atoms with Gasteiger partial charge in [-0.2, -0.15) is 0 Å². The summed E-state index contributed by atoms with van der Waals surface area (Å²) in [5, 5.41) is 7.35. The van der Waals surface area contributed by atoms with E-state index in [-0.39, 0.29) is 0 Å². The minimum atomic E-state index is -0.485. The van der Waals surface area contributed by atoms with E-state index >= 15 is 0 Å². The smallest absolute Gasteiger partial charge is 0.0713 e. The maximum atomic E-state index is 2.50. The Hall–Kier alpha value is -8.00. The lowest BCUT2D eigenvalue weighted by Gasteiger charge is -2.35. The van der Waals surface area contributed by atoms with Gasteiger partial charge < -0.3 is 4.90 Å². The summed E-state index contributed by atoms with van der Waals surface area (Å²) in [5.41, 5.74) is 15.3. The molecule has 11 aromatic carbocycles. The van der Waals surface area contributed by atoms with Gasteiger partial charge >= 0.3 is 0 Å². The van der Waals surface area contributed by atoms with Crippen LogP contribution >= 0.6 is 0 Å². The Labute approximate surface area is 362 Å². The van der Waals surface area contributed by atoms with Crippen molar-refractivity contribution in [3.8, 4) is 33.4 Å². The summed E-state index contributed by atoms with van der Waals surface area (Å²) >= 11 is 0. The molecule has 1 heteroatoms. The molecule has 0 radical (unpaired) electrons. The summed E-state index contributed by atoms with van der Waals surface area (Å²) in [5.74, 6) is 0. The van der Waals surface area contributed by atoms with Crippen molar-refractivity contribution in [1.82, 2.24) is 0 Å². The zero-order valence-electron chi connectivity index (χ0n) is 34.1. The van der Waals surface area contributed by atoms with Crippen molar-refractivity contribution in [2.45, 2.75) is 5.41 Å². The summed E-state index contributed by atoms with van der Waals surface area (Å²) in [7, 11) is 0. The number of nitrogens with zero attached hydrogens (tertiary/aromatic N) is 1. The Kier molecular flexibility index (Phi) is 8.47. The topological polar surface area (TPSA) is 3.24 Å². The molecular formula is C61H41N. The van der Waals surface area contributed by atoms with E-state index in [9.17, 15) is 0 Å². The van der Waals surface area contributed by atoms with E-state index in [1.54, 1.807) is 0 Å². The van der Waals surface area contributed by atoms with Gasteiger partial charge in [0.05, 0.1) is 11.1 Å². The van der Waals surface area contributed by atoms with Crippen molar-refractivity contribution in [3.63, 3.8) is 0 Å². The third kappa shape index (κ3) is 5.56. The van der Waals surface area contributed by atoms with Crippen molar-refractivity contribution in [1.29, 1.82) is 0 Å². The first kappa shape index (κ1) is 35.9. The molecule has 0 aromatic heterocycles. The highest BCUT2D eigenvalue weighted by atomic mass is 15.1. The summed E-state index contributed by atoms with van der Waals surface area (Å²) in [6.07, 6.45) is 0. The number of rotatable bonds is 7. The summed E-state index contributed by atoms with van der Waals surface area (Å²) < 4.78 is 0. The van der Waals surface area contributed by atoms with Crippen molar-refractivity contribution in [2.24, 2.45) is 0 Å². The minimum absolute atomic E-state index is 0.485. The van der Waals surface area contributed by atoms with E-state index in [2.05, 4.69) is 254 Å². The molecule has 1 aliphatic carbocycles. The predicted octanol–water partition coefficient (Wildman–Crippen LogP) is 16.3.